The molecule has 4 N–H and O–H groups in total. The number of primary amides is 2. The Kier molecular flexibility index (Phi) is 2.92. The average Bonchev–Trinajstić information content (AvgIpc) is 2.39. The van der Waals surface area contributed by atoms with Gasteiger partial charge < -0.3 is 11.5 Å². The van der Waals surface area contributed by atoms with E-state index in [1.807, 2.05) is 0 Å². The number of nitrogens with two attached hydrogens (primary N) is 2. The van der Waals surface area contributed by atoms with E-state index < -0.39 is 11.8 Å². The van der Waals surface area contributed by atoms with Crippen molar-refractivity contribution in [3.8, 4) is 11.6 Å². The summed E-state index contributed by atoms with van der Waals surface area (Å²) >= 11 is 0. The van der Waals surface area contributed by atoms with Crippen molar-refractivity contribution in [1.82, 2.24) is 19.9 Å². The van der Waals surface area contributed by atoms with Crippen LogP contribution < -0.4 is 11.5 Å². The van der Waals surface area contributed by atoms with Crippen LogP contribution in [0.15, 0.2) is 24.8 Å². The molecule has 90 valence electrons. The van der Waals surface area contributed by atoms with Crippen molar-refractivity contribution in [2.75, 3.05) is 0 Å². The molecule has 0 fully saturated rings. The smallest absolute Gasteiger partial charge is 0.251 e. The lowest BCUT2D eigenvalue weighted by Crippen LogP contribution is -2.13. The normalized spacial score (nSPS) is 10.0. The van der Waals surface area contributed by atoms with Crippen LogP contribution in [0.5, 0.6) is 0 Å². The Morgan fingerprint density at radius 3 is 1.22 bits per heavy atom. The Morgan fingerprint density at radius 2 is 1.00 bits per heavy atom. The Bertz CT molecular complexity index is 537. The molecule has 2 aromatic rings. The first-order valence-electron chi connectivity index (χ1n) is 4.82. The van der Waals surface area contributed by atoms with Gasteiger partial charge in [0.25, 0.3) is 11.8 Å². The van der Waals surface area contributed by atoms with Crippen LogP contribution in [0, 0.1) is 0 Å². The van der Waals surface area contributed by atoms with E-state index in [0.717, 1.165) is 0 Å². The predicted molar refractivity (Wildman–Crippen MR) is 60.1 cm³/mol. The molecule has 0 aliphatic rings. The van der Waals surface area contributed by atoms with Crippen LogP contribution in [0.2, 0.25) is 0 Å². The van der Waals surface area contributed by atoms with Crippen LogP contribution in [-0.4, -0.2) is 31.8 Å². The highest BCUT2D eigenvalue weighted by molar-refractivity contribution is 5.92. The summed E-state index contributed by atoms with van der Waals surface area (Å²) in [4.78, 5) is 37.2. The number of carbonyl (C=O) groups excluding carboxylic acids is 2. The van der Waals surface area contributed by atoms with E-state index in [9.17, 15) is 9.59 Å². The van der Waals surface area contributed by atoms with Crippen LogP contribution in [0.4, 0.5) is 0 Å². The number of amides is 2. The SMILES string of the molecule is NC(=O)c1cnc(-c2ncc(C(N)=O)cn2)nc1. The highest BCUT2D eigenvalue weighted by Gasteiger charge is 2.08. The van der Waals surface area contributed by atoms with E-state index in [1.54, 1.807) is 0 Å². The number of hydrogen-bond acceptors (Lipinski definition) is 6. The fourth-order valence-corrected chi connectivity index (χ4v) is 1.14. The van der Waals surface area contributed by atoms with Gasteiger partial charge in [-0.1, -0.05) is 0 Å². The molecule has 8 heteroatoms. The fourth-order valence-electron chi connectivity index (χ4n) is 1.14. The number of aromatic nitrogens is 4. The molecular weight excluding hydrogens is 236 g/mol. The molecule has 8 nitrogen and oxygen atoms in total. The molecule has 0 bridgehead atoms. The lowest BCUT2D eigenvalue weighted by Gasteiger charge is -1.99. The van der Waals surface area contributed by atoms with Gasteiger partial charge in [0.2, 0.25) is 0 Å². The second-order valence-electron chi connectivity index (χ2n) is 3.32. The molecule has 0 aliphatic heterocycles. The third-order valence-electron chi connectivity index (χ3n) is 2.07. The van der Waals surface area contributed by atoms with Gasteiger partial charge in [-0.05, 0) is 0 Å². The van der Waals surface area contributed by atoms with Crippen LogP contribution in [0.1, 0.15) is 20.7 Å². The molecule has 0 spiro atoms. The van der Waals surface area contributed by atoms with Gasteiger partial charge in [-0.2, -0.15) is 0 Å². The van der Waals surface area contributed by atoms with E-state index in [4.69, 9.17) is 11.5 Å². The molecule has 2 heterocycles. The van der Waals surface area contributed by atoms with Crippen molar-refractivity contribution in [2.24, 2.45) is 11.5 Å². The van der Waals surface area contributed by atoms with E-state index in [2.05, 4.69) is 19.9 Å². The van der Waals surface area contributed by atoms with E-state index in [-0.39, 0.29) is 22.8 Å². The third-order valence-corrected chi connectivity index (χ3v) is 2.07. The Balaban J connectivity index is 2.31. The van der Waals surface area contributed by atoms with Crippen molar-refractivity contribution in [3.05, 3.63) is 35.9 Å². The van der Waals surface area contributed by atoms with Crippen molar-refractivity contribution in [2.45, 2.75) is 0 Å². The molecule has 0 radical (unpaired) electrons. The van der Waals surface area contributed by atoms with Gasteiger partial charge in [-0.25, -0.2) is 19.9 Å². The summed E-state index contributed by atoms with van der Waals surface area (Å²) in [6.07, 6.45) is 5.10. The Morgan fingerprint density at radius 1 is 0.722 bits per heavy atom. The molecular formula is C10H8N6O2. The van der Waals surface area contributed by atoms with Gasteiger partial charge in [-0.15, -0.1) is 0 Å². The van der Waals surface area contributed by atoms with Crippen molar-refractivity contribution in [1.29, 1.82) is 0 Å². The van der Waals surface area contributed by atoms with Crippen molar-refractivity contribution >= 4 is 11.8 Å². The molecule has 0 saturated carbocycles. The van der Waals surface area contributed by atoms with Crippen LogP contribution in [0.25, 0.3) is 11.6 Å². The summed E-state index contributed by atoms with van der Waals surface area (Å²) in [5, 5.41) is 0. The summed E-state index contributed by atoms with van der Waals surface area (Å²) < 4.78 is 0. The van der Waals surface area contributed by atoms with Crippen molar-refractivity contribution in [3.63, 3.8) is 0 Å². The Hall–Kier alpha value is -2.90. The van der Waals surface area contributed by atoms with Gasteiger partial charge in [0, 0.05) is 24.8 Å². The van der Waals surface area contributed by atoms with Gasteiger partial charge in [0.05, 0.1) is 11.1 Å². The zero-order valence-electron chi connectivity index (χ0n) is 9.07. The highest BCUT2D eigenvalue weighted by Crippen LogP contribution is 2.08. The first-order valence-corrected chi connectivity index (χ1v) is 4.82. The predicted octanol–water partition coefficient (Wildman–Crippen LogP) is -0.869. The highest BCUT2D eigenvalue weighted by atomic mass is 16.1. The first kappa shape index (κ1) is 11.6. The zero-order chi connectivity index (χ0) is 13.1. The second kappa shape index (κ2) is 4.53. The van der Waals surface area contributed by atoms with Crippen molar-refractivity contribution < 1.29 is 9.59 Å². The van der Waals surface area contributed by atoms with Gasteiger partial charge in [0.1, 0.15) is 0 Å². The minimum Gasteiger partial charge on any atom is -0.366 e. The largest absolute Gasteiger partial charge is 0.366 e. The molecule has 0 saturated heterocycles. The molecule has 2 rings (SSSR count). The minimum absolute atomic E-state index is 0.188. The first-order chi connectivity index (χ1) is 8.58. The van der Waals surface area contributed by atoms with Gasteiger partial charge in [0.15, 0.2) is 11.6 Å². The maximum absolute atomic E-state index is 10.8. The second-order valence-corrected chi connectivity index (χ2v) is 3.32. The van der Waals surface area contributed by atoms with Crippen LogP contribution in [-0.2, 0) is 0 Å². The van der Waals surface area contributed by atoms with Crippen LogP contribution in [0.3, 0.4) is 0 Å². The quantitative estimate of drug-likeness (QED) is 0.719. The molecule has 2 aromatic heterocycles. The molecule has 0 atom stereocenters. The average molecular weight is 244 g/mol. The molecule has 18 heavy (non-hydrogen) atoms. The lowest BCUT2D eigenvalue weighted by molar-refractivity contribution is 0.0991. The van der Waals surface area contributed by atoms with E-state index in [0.29, 0.717) is 0 Å². The van der Waals surface area contributed by atoms with E-state index >= 15 is 0 Å². The number of carbonyl (C=O) groups is 2. The number of rotatable bonds is 3. The maximum Gasteiger partial charge on any atom is 0.251 e. The maximum atomic E-state index is 10.8. The molecule has 0 unspecified atom stereocenters. The third kappa shape index (κ3) is 2.26. The number of nitrogens with zero attached hydrogens (tertiary/aromatic N) is 4. The summed E-state index contributed by atoms with van der Waals surface area (Å²) in [5.41, 5.74) is 10.5. The standard InChI is InChI=1S/C10H8N6O2/c11-7(17)5-1-13-9(14-2-5)10-15-3-6(4-16-10)8(12)18/h1-4H,(H2,11,17)(H2,12,18). The topological polar surface area (TPSA) is 138 Å². The zero-order valence-corrected chi connectivity index (χ0v) is 9.07. The molecule has 0 aliphatic carbocycles. The molecule has 0 aromatic carbocycles. The van der Waals surface area contributed by atoms with Crippen LogP contribution >= 0.6 is 0 Å². The van der Waals surface area contributed by atoms with Gasteiger partial charge >= 0.3 is 0 Å². The summed E-state index contributed by atoms with van der Waals surface area (Å²) in [7, 11) is 0. The van der Waals surface area contributed by atoms with E-state index in [1.165, 1.54) is 24.8 Å². The summed E-state index contributed by atoms with van der Waals surface area (Å²) in [6, 6.07) is 0. The Labute approximate surface area is 101 Å². The summed E-state index contributed by atoms with van der Waals surface area (Å²) in [6.45, 7) is 0. The lowest BCUT2D eigenvalue weighted by atomic mass is 10.3. The monoisotopic (exact) mass is 244 g/mol. The minimum atomic E-state index is -0.619. The number of hydrogen-bond donors (Lipinski definition) is 2. The fraction of sp³-hybridized carbons (Fsp3) is 0. The summed E-state index contributed by atoms with van der Waals surface area (Å²) in [5.74, 6) is -0.801. The molecule has 2 amide bonds. The van der Waals surface area contributed by atoms with Gasteiger partial charge in [-0.3, -0.25) is 9.59 Å².